The fraction of sp³-hybridized carbons (Fsp3) is 0.222. The summed E-state index contributed by atoms with van der Waals surface area (Å²) in [4.78, 5) is 26.3. The van der Waals surface area contributed by atoms with E-state index >= 15 is 0 Å². The third kappa shape index (κ3) is 3.19. The minimum atomic E-state index is -0.562. The third-order valence-corrected chi connectivity index (χ3v) is 4.75. The van der Waals surface area contributed by atoms with Gasteiger partial charge in [-0.3, -0.25) is 9.59 Å². The zero-order chi connectivity index (χ0) is 17.3. The first kappa shape index (κ1) is 16.6. The van der Waals surface area contributed by atoms with E-state index in [4.69, 9.17) is 0 Å². The average Bonchev–Trinajstić information content (AvgIpc) is 2.86. The van der Waals surface area contributed by atoms with E-state index in [1.165, 1.54) is 12.1 Å². The minimum Gasteiger partial charge on any atom is -0.338 e. The first-order valence-corrected chi connectivity index (χ1v) is 8.33. The second-order valence-electron chi connectivity index (χ2n) is 5.78. The molecule has 2 aromatic rings. The first-order valence-electron chi connectivity index (χ1n) is 7.54. The molecule has 0 aliphatic carbocycles. The van der Waals surface area contributed by atoms with Crippen molar-refractivity contribution in [2.24, 2.45) is 5.92 Å². The van der Waals surface area contributed by atoms with Gasteiger partial charge in [-0.2, -0.15) is 0 Å². The number of hydrogen-bond donors (Lipinski definition) is 1. The van der Waals surface area contributed by atoms with Crippen molar-refractivity contribution in [1.29, 1.82) is 0 Å². The molecule has 1 fully saturated rings. The highest BCUT2D eigenvalue weighted by Gasteiger charge is 2.42. The van der Waals surface area contributed by atoms with Crippen LogP contribution < -0.4 is 5.32 Å². The number of nitrogens with zero attached hydrogens (tertiary/aromatic N) is 1. The predicted molar refractivity (Wildman–Crippen MR) is 92.8 cm³/mol. The van der Waals surface area contributed by atoms with Crippen molar-refractivity contribution in [2.75, 3.05) is 12.4 Å². The summed E-state index contributed by atoms with van der Waals surface area (Å²) in [5, 5.41) is 2.61. The average molecular weight is 391 g/mol. The number of amides is 2. The molecule has 6 heteroatoms. The maximum atomic E-state index is 13.9. The molecule has 3 rings (SSSR count). The van der Waals surface area contributed by atoms with Crippen molar-refractivity contribution in [3.8, 4) is 0 Å². The number of carbonyl (C=O) groups excluding carboxylic acids is 2. The minimum absolute atomic E-state index is 0.0970. The Bertz CT molecular complexity index is 782. The Hall–Kier alpha value is -2.21. The van der Waals surface area contributed by atoms with Crippen molar-refractivity contribution in [2.45, 2.75) is 12.5 Å². The van der Waals surface area contributed by atoms with Gasteiger partial charge in [0, 0.05) is 17.9 Å². The largest absolute Gasteiger partial charge is 0.338 e. The number of anilines is 1. The maximum absolute atomic E-state index is 13.9. The molecular weight excluding hydrogens is 375 g/mol. The van der Waals surface area contributed by atoms with Crippen LogP contribution in [0.3, 0.4) is 0 Å². The lowest BCUT2D eigenvalue weighted by molar-refractivity contribution is -0.127. The summed E-state index contributed by atoms with van der Waals surface area (Å²) in [6.07, 6.45) is 0.111. The van der Waals surface area contributed by atoms with Gasteiger partial charge in [0.25, 0.3) is 0 Å². The molecule has 124 valence electrons. The number of carbonyl (C=O) groups is 2. The smallest absolute Gasteiger partial charge is 0.230 e. The maximum Gasteiger partial charge on any atom is 0.230 e. The van der Waals surface area contributed by atoms with Crippen LogP contribution >= 0.6 is 15.9 Å². The van der Waals surface area contributed by atoms with Crippen molar-refractivity contribution < 1.29 is 14.0 Å². The molecule has 4 nitrogen and oxygen atoms in total. The van der Waals surface area contributed by atoms with Gasteiger partial charge in [-0.15, -0.1) is 0 Å². The Morgan fingerprint density at radius 2 is 1.96 bits per heavy atom. The van der Waals surface area contributed by atoms with Crippen LogP contribution in [0.2, 0.25) is 0 Å². The van der Waals surface area contributed by atoms with Crippen LogP contribution in [0.25, 0.3) is 0 Å². The van der Waals surface area contributed by atoms with Crippen LogP contribution in [-0.4, -0.2) is 23.8 Å². The standard InChI is InChI=1S/C18H16BrFN2O2/c1-22-16(23)10-13(17(22)11-5-3-2-4-6-11)18(24)21-15-8-7-12(19)9-14(15)20/h2-9,13,17H,10H2,1H3,(H,21,24)/t13-,17-/m1/s1. The molecule has 24 heavy (non-hydrogen) atoms. The summed E-state index contributed by atoms with van der Waals surface area (Å²) < 4.78 is 14.5. The lowest BCUT2D eigenvalue weighted by Gasteiger charge is -2.25. The first-order chi connectivity index (χ1) is 11.5. The molecule has 2 atom stereocenters. The number of likely N-dealkylation sites (tertiary alicyclic amines) is 1. The summed E-state index contributed by atoms with van der Waals surface area (Å²) in [6, 6.07) is 13.5. The van der Waals surface area contributed by atoms with E-state index in [1.54, 1.807) is 18.0 Å². The Kier molecular flexibility index (Phi) is 4.66. The fourth-order valence-electron chi connectivity index (χ4n) is 3.03. The van der Waals surface area contributed by atoms with Gasteiger partial charge in [-0.05, 0) is 23.8 Å². The van der Waals surface area contributed by atoms with Crippen LogP contribution in [0, 0.1) is 11.7 Å². The van der Waals surface area contributed by atoms with Crippen molar-refractivity contribution in [1.82, 2.24) is 4.90 Å². The van der Waals surface area contributed by atoms with Gasteiger partial charge in [-0.1, -0.05) is 46.3 Å². The predicted octanol–water partition coefficient (Wildman–Crippen LogP) is 3.75. The second kappa shape index (κ2) is 6.73. The van der Waals surface area contributed by atoms with E-state index in [-0.39, 0.29) is 30.0 Å². The fourth-order valence-corrected chi connectivity index (χ4v) is 3.36. The van der Waals surface area contributed by atoms with Crippen LogP contribution in [-0.2, 0) is 9.59 Å². The van der Waals surface area contributed by atoms with Gasteiger partial charge in [-0.25, -0.2) is 4.39 Å². The SMILES string of the molecule is CN1C(=O)C[C@@H](C(=O)Nc2ccc(Br)cc2F)[C@H]1c1ccccc1. The molecule has 0 aromatic heterocycles. The molecule has 1 aliphatic heterocycles. The van der Waals surface area contributed by atoms with Crippen LogP contribution in [0.1, 0.15) is 18.0 Å². The molecule has 0 unspecified atom stereocenters. The molecule has 1 N–H and O–H groups in total. The van der Waals surface area contributed by atoms with Crippen molar-refractivity contribution in [3.05, 3.63) is 64.4 Å². The quantitative estimate of drug-likeness (QED) is 0.867. The number of rotatable bonds is 3. The summed E-state index contributed by atoms with van der Waals surface area (Å²) in [6.45, 7) is 0. The van der Waals surface area contributed by atoms with Crippen LogP contribution in [0.5, 0.6) is 0 Å². The van der Waals surface area contributed by atoms with Gasteiger partial charge in [0.2, 0.25) is 11.8 Å². The van der Waals surface area contributed by atoms with E-state index in [2.05, 4.69) is 21.2 Å². The molecule has 2 amide bonds. The molecule has 0 radical (unpaired) electrons. The van der Waals surface area contributed by atoms with Gasteiger partial charge in [0.05, 0.1) is 17.6 Å². The Balaban J connectivity index is 1.86. The highest BCUT2D eigenvalue weighted by Crippen LogP contribution is 2.37. The summed E-state index contributed by atoms with van der Waals surface area (Å²) in [5.74, 6) is -1.54. The molecule has 0 bridgehead atoms. The third-order valence-electron chi connectivity index (χ3n) is 4.25. The number of nitrogens with one attached hydrogen (secondary N) is 1. The summed E-state index contributed by atoms with van der Waals surface area (Å²) >= 11 is 3.18. The van der Waals surface area contributed by atoms with Gasteiger partial charge in [0.15, 0.2) is 0 Å². The molecule has 1 heterocycles. The van der Waals surface area contributed by atoms with Crippen LogP contribution in [0.4, 0.5) is 10.1 Å². The molecule has 1 saturated heterocycles. The van der Waals surface area contributed by atoms with E-state index in [0.717, 1.165) is 5.56 Å². The van der Waals surface area contributed by atoms with Crippen molar-refractivity contribution in [3.63, 3.8) is 0 Å². The highest BCUT2D eigenvalue weighted by atomic mass is 79.9. The van der Waals surface area contributed by atoms with Gasteiger partial charge >= 0.3 is 0 Å². The summed E-state index contributed by atoms with van der Waals surface area (Å²) in [7, 11) is 1.69. The second-order valence-corrected chi connectivity index (χ2v) is 6.70. The normalized spacial score (nSPS) is 20.3. The molecule has 0 saturated carbocycles. The highest BCUT2D eigenvalue weighted by molar-refractivity contribution is 9.10. The Labute approximate surface area is 147 Å². The zero-order valence-electron chi connectivity index (χ0n) is 13.0. The molecule has 0 spiro atoms. The zero-order valence-corrected chi connectivity index (χ0v) is 14.6. The van der Waals surface area contributed by atoms with E-state index in [9.17, 15) is 14.0 Å². The lowest BCUT2D eigenvalue weighted by atomic mass is 9.93. The van der Waals surface area contributed by atoms with Crippen LogP contribution in [0.15, 0.2) is 53.0 Å². The van der Waals surface area contributed by atoms with Gasteiger partial charge < -0.3 is 10.2 Å². The number of hydrogen-bond acceptors (Lipinski definition) is 2. The molecule has 2 aromatic carbocycles. The lowest BCUT2D eigenvalue weighted by Crippen LogP contribution is -2.30. The number of benzene rings is 2. The van der Waals surface area contributed by atoms with E-state index in [1.807, 2.05) is 30.3 Å². The topological polar surface area (TPSA) is 49.4 Å². The Morgan fingerprint density at radius 1 is 1.25 bits per heavy atom. The van der Waals surface area contributed by atoms with Crippen molar-refractivity contribution >= 4 is 33.4 Å². The monoisotopic (exact) mass is 390 g/mol. The van der Waals surface area contributed by atoms with Gasteiger partial charge in [0.1, 0.15) is 5.82 Å². The molecular formula is C18H16BrFN2O2. The Morgan fingerprint density at radius 3 is 2.62 bits per heavy atom. The van der Waals surface area contributed by atoms with E-state index in [0.29, 0.717) is 4.47 Å². The van der Waals surface area contributed by atoms with E-state index < -0.39 is 11.7 Å². The number of halogens is 2. The molecule has 1 aliphatic rings. The summed E-state index contributed by atoms with van der Waals surface area (Å²) in [5.41, 5.74) is 0.999.